The molecule has 4 nitrogen and oxygen atoms in total. The molecular formula is C32H47KN2O2. The number of aryl methyl sites for hydroxylation is 1. The number of aliphatic carboxylic acids is 1. The van der Waals surface area contributed by atoms with Crippen LogP contribution in [0.4, 0.5) is 0 Å². The topological polar surface area (TPSA) is 54.6 Å². The van der Waals surface area contributed by atoms with E-state index >= 15 is 0 Å². The van der Waals surface area contributed by atoms with E-state index < -0.39 is 12.0 Å². The largest absolute Gasteiger partial charge is 1.00 e. The molecule has 1 N–H and O–H groups in total. The van der Waals surface area contributed by atoms with Crippen molar-refractivity contribution in [2.75, 3.05) is 19.6 Å². The van der Waals surface area contributed by atoms with Crippen molar-refractivity contribution in [2.45, 2.75) is 83.7 Å². The van der Waals surface area contributed by atoms with Crippen LogP contribution < -0.4 is 51.4 Å². The van der Waals surface area contributed by atoms with Crippen LogP contribution in [0.3, 0.4) is 0 Å². The van der Waals surface area contributed by atoms with Crippen LogP contribution in [0, 0.1) is 17.8 Å². The van der Waals surface area contributed by atoms with Gasteiger partial charge in [0.1, 0.15) is 0 Å². The summed E-state index contributed by atoms with van der Waals surface area (Å²) in [6, 6.07) is 22.6. The van der Waals surface area contributed by atoms with Crippen LogP contribution in [0.15, 0.2) is 66.7 Å². The molecular weight excluding hydrogens is 483 g/mol. The summed E-state index contributed by atoms with van der Waals surface area (Å²) < 4.78 is 0. The first kappa shape index (κ1) is 32.7. The smallest absolute Gasteiger partial charge is 0.647 e. The van der Waals surface area contributed by atoms with Gasteiger partial charge in [-0.25, -0.2) is 0 Å². The molecule has 2 fully saturated rings. The number of carboxylic acids is 1. The summed E-state index contributed by atoms with van der Waals surface area (Å²) in [5.41, 5.74) is 1.47. The van der Waals surface area contributed by atoms with Gasteiger partial charge in [0.05, 0.1) is 0 Å². The van der Waals surface area contributed by atoms with Crippen LogP contribution in [-0.2, 0) is 11.2 Å². The second kappa shape index (κ2) is 18.7. The Morgan fingerprint density at radius 3 is 2.11 bits per heavy atom. The Morgan fingerprint density at radius 1 is 0.946 bits per heavy atom. The molecule has 4 rings (SSSR count). The third-order valence-corrected chi connectivity index (χ3v) is 8.13. The molecule has 198 valence electrons. The third-order valence-electron chi connectivity index (χ3n) is 8.13. The monoisotopic (exact) mass is 530 g/mol. The van der Waals surface area contributed by atoms with E-state index in [2.05, 4.69) is 42.2 Å². The van der Waals surface area contributed by atoms with Gasteiger partial charge in [-0.15, -0.1) is 6.04 Å². The van der Waals surface area contributed by atoms with Crippen LogP contribution in [0.25, 0.3) is 5.32 Å². The van der Waals surface area contributed by atoms with E-state index in [1.807, 2.05) is 43.3 Å². The molecule has 37 heavy (non-hydrogen) atoms. The predicted molar refractivity (Wildman–Crippen MR) is 150 cm³/mol. The van der Waals surface area contributed by atoms with Gasteiger partial charge in [-0.05, 0) is 62.2 Å². The molecule has 0 aromatic heterocycles. The van der Waals surface area contributed by atoms with Gasteiger partial charge >= 0.3 is 51.4 Å². The Labute approximate surface area is 268 Å². The molecule has 1 aliphatic heterocycles. The Kier molecular flexibility index (Phi) is 16.5. The van der Waals surface area contributed by atoms with Crippen LogP contribution >= 0.6 is 0 Å². The molecule has 1 saturated carbocycles. The number of piperidine rings is 1. The second-order valence-electron chi connectivity index (χ2n) is 10.9. The molecule has 0 spiro atoms. The molecule has 4 atom stereocenters. The summed E-state index contributed by atoms with van der Waals surface area (Å²) in [5, 5.41) is 14.3. The number of nitrogens with zero attached hydrogens (tertiary/aromatic N) is 2. The fourth-order valence-corrected chi connectivity index (χ4v) is 5.70. The first-order valence-corrected chi connectivity index (χ1v) is 14.2. The standard InChI is InChI=1S/C26H41N2O2.C6H6.K/c1-3-20(2)25(26(29)30)27-24-13-12-23(18-24)19-28-16-14-22(15-17-28)11-7-10-21-8-5-4-6-9-21;1-2-4-6-5-3-1;/h4-6,8-9,20,22-25H,3,7,10-19H2,1-2H3,(H,29,30);1-6H;/q-1;;+1. The van der Waals surface area contributed by atoms with Crippen molar-refractivity contribution < 1.29 is 61.3 Å². The summed E-state index contributed by atoms with van der Waals surface area (Å²) in [4.78, 5) is 14.2. The summed E-state index contributed by atoms with van der Waals surface area (Å²) in [5.74, 6) is 0.965. The van der Waals surface area contributed by atoms with Gasteiger partial charge in [-0.2, -0.15) is 0 Å². The molecule has 1 saturated heterocycles. The van der Waals surface area contributed by atoms with Crippen LogP contribution in [0.2, 0.25) is 0 Å². The second-order valence-corrected chi connectivity index (χ2v) is 10.9. The van der Waals surface area contributed by atoms with Gasteiger partial charge in [0.25, 0.3) is 5.97 Å². The van der Waals surface area contributed by atoms with Crippen molar-refractivity contribution in [1.29, 1.82) is 0 Å². The van der Waals surface area contributed by atoms with E-state index in [4.69, 9.17) is 5.32 Å². The molecule has 0 amide bonds. The molecule has 2 aromatic carbocycles. The zero-order chi connectivity index (χ0) is 25.6. The summed E-state index contributed by atoms with van der Waals surface area (Å²) >= 11 is 0. The molecule has 1 aliphatic carbocycles. The maximum absolute atomic E-state index is 11.6. The van der Waals surface area contributed by atoms with Crippen LogP contribution in [0.5, 0.6) is 0 Å². The number of rotatable bonds is 11. The maximum Gasteiger partial charge on any atom is 1.00 e. The van der Waals surface area contributed by atoms with Crippen LogP contribution in [-0.4, -0.2) is 47.7 Å². The molecule has 0 bridgehead atoms. The van der Waals surface area contributed by atoms with Crippen molar-refractivity contribution >= 4 is 5.97 Å². The number of carboxylic acid groups (broad SMARTS) is 1. The van der Waals surface area contributed by atoms with E-state index in [0.717, 1.165) is 25.2 Å². The van der Waals surface area contributed by atoms with Crippen molar-refractivity contribution in [3.05, 3.63) is 77.6 Å². The van der Waals surface area contributed by atoms with Crippen molar-refractivity contribution in [2.24, 2.45) is 17.8 Å². The fraction of sp³-hybridized carbons (Fsp3) is 0.594. The number of hydrogen-bond donors (Lipinski definition) is 1. The first-order chi connectivity index (χ1) is 17.5. The molecule has 2 aliphatic rings. The summed E-state index contributed by atoms with van der Waals surface area (Å²) in [6.45, 7) is 7.72. The van der Waals surface area contributed by atoms with Gasteiger partial charge in [0, 0.05) is 6.54 Å². The minimum absolute atomic E-state index is 0. The van der Waals surface area contributed by atoms with Crippen molar-refractivity contribution in [3.63, 3.8) is 0 Å². The SMILES string of the molecule is CCC(C)C([N-]C1CCC(CN2CCC(CCCc3ccccc3)CC2)C1)C(=O)O.[K+].c1ccccc1. The first-order valence-electron chi connectivity index (χ1n) is 14.2. The Balaban J connectivity index is 0.000000604. The normalized spacial score (nSPS) is 21.8. The Morgan fingerprint density at radius 2 is 1.54 bits per heavy atom. The van der Waals surface area contributed by atoms with E-state index in [9.17, 15) is 9.90 Å². The van der Waals surface area contributed by atoms with E-state index in [0.29, 0.717) is 5.92 Å². The van der Waals surface area contributed by atoms with Gasteiger partial charge in [0.2, 0.25) is 0 Å². The molecule has 1 heterocycles. The van der Waals surface area contributed by atoms with Crippen LogP contribution in [0.1, 0.15) is 70.8 Å². The van der Waals surface area contributed by atoms with E-state index in [-0.39, 0.29) is 63.3 Å². The van der Waals surface area contributed by atoms with Gasteiger partial charge in [0.15, 0.2) is 0 Å². The summed E-state index contributed by atoms with van der Waals surface area (Å²) in [6.07, 6.45) is 10.8. The van der Waals surface area contributed by atoms with Crippen molar-refractivity contribution in [3.8, 4) is 0 Å². The number of benzene rings is 2. The molecule has 0 radical (unpaired) electrons. The molecule has 2 aromatic rings. The molecule has 5 heteroatoms. The Bertz CT molecular complexity index is 816. The minimum atomic E-state index is -0.748. The van der Waals surface area contributed by atoms with Crippen molar-refractivity contribution in [1.82, 2.24) is 4.90 Å². The number of hydrogen-bond acceptors (Lipinski definition) is 2. The van der Waals surface area contributed by atoms with Gasteiger partial charge < -0.3 is 15.3 Å². The van der Waals surface area contributed by atoms with Gasteiger partial charge in [-0.1, -0.05) is 119 Å². The predicted octanol–water partition coefficient (Wildman–Crippen LogP) is 4.45. The zero-order valence-corrected chi connectivity index (χ0v) is 26.6. The third kappa shape index (κ3) is 12.5. The molecule has 4 unspecified atom stereocenters. The average Bonchev–Trinajstić information content (AvgIpc) is 3.36. The van der Waals surface area contributed by atoms with E-state index in [1.165, 1.54) is 63.7 Å². The maximum atomic E-state index is 11.6. The van der Waals surface area contributed by atoms with Gasteiger partial charge in [-0.3, -0.25) is 4.79 Å². The fourth-order valence-electron chi connectivity index (χ4n) is 5.70. The quantitative estimate of drug-likeness (QED) is 0.437. The Hall–Kier alpha value is -0.534. The number of carbonyl (C=O) groups is 1. The summed E-state index contributed by atoms with van der Waals surface area (Å²) in [7, 11) is 0. The number of likely N-dealkylation sites (tertiary alicyclic amines) is 1. The average molecular weight is 531 g/mol. The minimum Gasteiger partial charge on any atom is -0.647 e. The van der Waals surface area contributed by atoms with E-state index in [1.54, 1.807) is 0 Å². The zero-order valence-electron chi connectivity index (χ0n) is 23.5.